The van der Waals surface area contributed by atoms with Crippen LogP contribution in [0.2, 0.25) is 0 Å². The quantitative estimate of drug-likeness (QED) is 0.807. The van der Waals surface area contributed by atoms with E-state index in [9.17, 15) is 9.90 Å². The van der Waals surface area contributed by atoms with Gasteiger partial charge in [-0.2, -0.15) is 0 Å². The lowest BCUT2D eigenvalue weighted by molar-refractivity contribution is 0.236. The molecule has 3 aromatic rings. The van der Waals surface area contributed by atoms with Crippen LogP contribution >= 0.6 is 22.7 Å². The zero-order valence-electron chi connectivity index (χ0n) is 10.2. The molecule has 0 bridgehead atoms. The molecule has 0 aliphatic carbocycles. The number of fused-ring (bicyclic) bond motifs is 1. The summed E-state index contributed by atoms with van der Waals surface area (Å²) in [6.45, 7) is 1.72. The van der Waals surface area contributed by atoms with Crippen LogP contribution in [0.4, 0.5) is 0 Å². The number of hydrogen-bond acceptors (Lipinski definition) is 5. The van der Waals surface area contributed by atoms with Gasteiger partial charge >= 0.3 is 0 Å². The zero-order chi connectivity index (χ0) is 13.4. The number of thiophene rings is 2. The average Bonchev–Trinajstić information content (AvgIpc) is 3.06. The fraction of sp³-hybridized carbons (Fsp3) is 0.231. The molecule has 6 heteroatoms. The molecule has 3 heterocycles. The molecule has 0 fully saturated rings. The zero-order valence-corrected chi connectivity index (χ0v) is 11.9. The monoisotopic (exact) mass is 292 g/mol. The molecule has 19 heavy (non-hydrogen) atoms. The molecule has 0 spiro atoms. The summed E-state index contributed by atoms with van der Waals surface area (Å²) in [6.07, 6.45) is 1.51. The number of aromatic nitrogens is 2. The second-order valence-corrected chi connectivity index (χ2v) is 6.10. The van der Waals surface area contributed by atoms with Gasteiger partial charge in [0.15, 0.2) is 0 Å². The summed E-state index contributed by atoms with van der Waals surface area (Å²) in [5.41, 5.74) is 0.850. The van der Waals surface area contributed by atoms with Crippen molar-refractivity contribution in [1.82, 2.24) is 9.55 Å². The molecular formula is C13H12N2O2S2. The van der Waals surface area contributed by atoms with Gasteiger partial charge in [-0.25, -0.2) is 4.98 Å². The molecule has 0 saturated heterocycles. The lowest BCUT2D eigenvalue weighted by Gasteiger charge is -2.11. The van der Waals surface area contributed by atoms with Gasteiger partial charge in [0.2, 0.25) is 0 Å². The molecule has 0 aliphatic heterocycles. The third kappa shape index (κ3) is 2.01. The Kier molecular flexibility index (Phi) is 3.22. The topological polar surface area (TPSA) is 55.1 Å². The Hall–Kier alpha value is -1.50. The molecule has 0 aromatic carbocycles. The molecule has 1 atom stereocenters. The summed E-state index contributed by atoms with van der Waals surface area (Å²) in [5.74, 6) is 0. The summed E-state index contributed by atoms with van der Waals surface area (Å²) in [4.78, 5) is 18.7. The number of aliphatic hydroxyl groups is 1. The van der Waals surface area contributed by atoms with E-state index in [1.807, 2.05) is 22.9 Å². The number of hydrogen-bond donors (Lipinski definition) is 1. The van der Waals surface area contributed by atoms with Gasteiger partial charge in [0.05, 0.1) is 24.4 Å². The maximum Gasteiger partial charge on any atom is 0.263 e. The van der Waals surface area contributed by atoms with Crippen LogP contribution < -0.4 is 5.56 Å². The molecule has 0 radical (unpaired) electrons. The van der Waals surface area contributed by atoms with Crippen molar-refractivity contribution in [2.45, 2.75) is 13.0 Å². The molecule has 1 N–H and O–H groups in total. The Bertz CT molecular complexity index is 759. The summed E-state index contributed by atoms with van der Waals surface area (Å²) in [7, 11) is 0. The highest BCUT2D eigenvalue weighted by Crippen LogP contribution is 2.33. The summed E-state index contributed by atoms with van der Waals surface area (Å²) in [5, 5.41) is 13.8. The summed E-state index contributed by atoms with van der Waals surface area (Å²) < 4.78 is 1.49. The Morgan fingerprint density at radius 2 is 2.32 bits per heavy atom. The van der Waals surface area contributed by atoms with Crippen LogP contribution in [0, 0.1) is 0 Å². The molecule has 0 saturated carbocycles. The highest BCUT2D eigenvalue weighted by Gasteiger charge is 2.15. The second-order valence-electron chi connectivity index (χ2n) is 4.30. The van der Waals surface area contributed by atoms with Gasteiger partial charge < -0.3 is 5.11 Å². The molecular weight excluding hydrogens is 280 g/mol. The fourth-order valence-corrected chi connectivity index (χ4v) is 3.68. The first-order chi connectivity index (χ1) is 9.22. The van der Waals surface area contributed by atoms with Crippen molar-refractivity contribution in [2.75, 3.05) is 6.61 Å². The van der Waals surface area contributed by atoms with Gasteiger partial charge in [-0.1, -0.05) is 6.07 Å². The maximum atomic E-state index is 12.5. The van der Waals surface area contributed by atoms with E-state index in [-0.39, 0.29) is 18.2 Å². The first-order valence-electron chi connectivity index (χ1n) is 5.85. The van der Waals surface area contributed by atoms with Crippen LogP contribution in [0.3, 0.4) is 0 Å². The van der Waals surface area contributed by atoms with E-state index in [0.717, 1.165) is 15.3 Å². The molecule has 0 amide bonds. The minimum atomic E-state index is -0.263. The third-order valence-electron chi connectivity index (χ3n) is 3.05. The minimum Gasteiger partial charge on any atom is -0.394 e. The van der Waals surface area contributed by atoms with E-state index in [0.29, 0.717) is 5.39 Å². The van der Waals surface area contributed by atoms with Crippen molar-refractivity contribution in [1.29, 1.82) is 0 Å². The lowest BCUT2D eigenvalue weighted by Crippen LogP contribution is -2.25. The molecule has 98 valence electrons. The number of aliphatic hydroxyl groups excluding tert-OH is 1. The normalized spacial score (nSPS) is 12.9. The highest BCUT2D eigenvalue weighted by atomic mass is 32.1. The van der Waals surface area contributed by atoms with Crippen molar-refractivity contribution < 1.29 is 5.11 Å². The second kappa shape index (κ2) is 4.88. The van der Waals surface area contributed by atoms with Crippen LogP contribution in [0.1, 0.15) is 13.0 Å². The Morgan fingerprint density at radius 1 is 1.47 bits per heavy atom. The van der Waals surface area contributed by atoms with E-state index in [1.165, 1.54) is 22.2 Å². The predicted molar refractivity (Wildman–Crippen MR) is 79.0 cm³/mol. The van der Waals surface area contributed by atoms with E-state index in [1.54, 1.807) is 18.3 Å². The SMILES string of the molecule is CC(CO)n1cnc2scc(-c3cccs3)c2c1=O. The molecule has 3 rings (SSSR count). The van der Waals surface area contributed by atoms with Gasteiger partial charge in [0.1, 0.15) is 4.83 Å². The molecule has 4 nitrogen and oxygen atoms in total. The maximum absolute atomic E-state index is 12.5. The first-order valence-corrected chi connectivity index (χ1v) is 7.61. The Labute approximate surface area is 117 Å². The standard InChI is InChI=1S/C13H12N2O2S2/c1-8(5-16)15-7-14-12-11(13(15)17)9(6-19-12)10-3-2-4-18-10/h2-4,6-8,16H,5H2,1H3. The van der Waals surface area contributed by atoms with E-state index in [2.05, 4.69) is 4.98 Å². The van der Waals surface area contributed by atoms with E-state index >= 15 is 0 Å². The summed E-state index contributed by atoms with van der Waals surface area (Å²) >= 11 is 3.08. The molecule has 0 aliphatic rings. The smallest absolute Gasteiger partial charge is 0.263 e. The van der Waals surface area contributed by atoms with Crippen LogP contribution in [-0.2, 0) is 0 Å². The molecule has 1 unspecified atom stereocenters. The van der Waals surface area contributed by atoms with E-state index in [4.69, 9.17) is 0 Å². The third-order valence-corrected chi connectivity index (χ3v) is 4.83. The van der Waals surface area contributed by atoms with Crippen LogP contribution in [-0.4, -0.2) is 21.3 Å². The van der Waals surface area contributed by atoms with Crippen LogP contribution in [0.25, 0.3) is 20.7 Å². The first kappa shape index (κ1) is 12.5. The highest BCUT2D eigenvalue weighted by molar-refractivity contribution is 7.18. The number of nitrogens with zero attached hydrogens (tertiary/aromatic N) is 2. The molecule has 3 aromatic heterocycles. The van der Waals surface area contributed by atoms with Gasteiger partial charge in [-0.3, -0.25) is 9.36 Å². The fourth-order valence-electron chi connectivity index (χ4n) is 1.96. The van der Waals surface area contributed by atoms with Crippen LogP contribution in [0.5, 0.6) is 0 Å². The Balaban J connectivity index is 2.29. The van der Waals surface area contributed by atoms with Gasteiger partial charge in [-0.05, 0) is 18.4 Å². The van der Waals surface area contributed by atoms with E-state index < -0.39 is 0 Å². The lowest BCUT2D eigenvalue weighted by atomic mass is 10.2. The van der Waals surface area contributed by atoms with Crippen molar-refractivity contribution in [3.63, 3.8) is 0 Å². The van der Waals surface area contributed by atoms with Crippen molar-refractivity contribution in [3.8, 4) is 10.4 Å². The van der Waals surface area contributed by atoms with Gasteiger partial charge in [-0.15, -0.1) is 22.7 Å². The summed E-state index contributed by atoms with van der Waals surface area (Å²) in [6, 6.07) is 3.70. The van der Waals surface area contributed by atoms with Crippen molar-refractivity contribution >= 4 is 32.9 Å². The Morgan fingerprint density at radius 3 is 3.00 bits per heavy atom. The largest absolute Gasteiger partial charge is 0.394 e. The van der Waals surface area contributed by atoms with Gasteiger partial charge in [0, 0.05) is 15.8 Å². The van der Waals surface area contributed by atoms with Crippen LogP contribution in [0.15, 0.2) is 34.0 Å². The average molecular weight is 292 g/mol. The number of rotatable bonds is 3. The predicted octanol–water partition coefficient (Wildman–Crippen LogP) is 2.74. The van der Waals surface area contributed by atoms with Crippen molar-refractivity contribution in [2.24, 2.45) is 0 Å². The van der Waals surface area contributed by atoms with Crippen molar-refractivity contribution in [3.05, 3.63) is 39.6 Å². The minimum absolute atomic E-state index is 0.0778. The van der Waals surface area contributed by atoms with Gasteiger partial charge in [0.25, 0.3) is 5.56 Å².